The molecule has 1 aromatic carbocycles. The summed E-state index contributed by atoms with van der Waals surface area (Å²) in [6, 6.07) is 4.71. The van der Waals surface area contributed by atoms with E-state index in [1.54, 1.807) is 6.07 Å². The third-order valence-corrected chi connectivity index (χ3v) is 4.26. The van der Waals surface area contributed by atoms with Gasteiger partial charge in [-0.3, -0.25) is 4.79 Å². The van der Waals surface area contributed by atoms with E-state index in [1.807, 2.05) is 0 Å². The molecule has 0 atom stereocenters. The zero-order valence-corrected chi connectivity index (χ0v) is 12.9. The number of carbonyl (C=O) groups excluding carboxylic acids is 1. The number of aromatic carboxylic acids is 1. The van der Waals surface area contributed by atoms with Gasteiger partial charge in [-0.2, -0.15) is 0 Å². The molecule has 1 aromatic rings. The second kappa shape index (κ2) is 6.39. The molecule has 108 valence electrons. The third kappa shape index (κ3) is 3.82. The minimum Gasteiger partial charge on any atom is -0.478 e. The van der Waals surface area contributed by atoms with Gasteiger partial charge in [-0.15, -0.1) is 0 Å². The predicted octanol–water partition coefficient (Wildman–Crippen LogP) is 3.91. The maximum Gasteiger partial charge on any atom is 0.335 e. The number of carboxylic acids is 1. The van der Waals surface area contributed by atoms with Gasteiger partial charge in [0.2, 0.25) is 5.91 Å². The van der Waals surface area contributed by atoms with Crippen LogP contribution in [0.1, 0.15) is 43.0 Å². The maximum absolute atomic E-state index is 12.2. The molecule has 4 nitrogen and oxygen atoms in total. The molecule has 1 aliphatic carbocycles. The largest absolute Gasteiger partial charge is 0.478 e. The Bertz CT molecular complexity index is 522. The number of hydrogen-bond donors (Lipinski definition) is 2. The lowest BCUT2D eigenvalue weighted by atomic mass is 9.82. The van der Waals surface area contributed by atoms with Crippen LogP contribution in [-0.2, 0) is 4.79 Å². The smallest absolute Gasteiger partial charge is 0.335 e. The van der Waals surface area contributed by atoms with Crippen molar-refractivity contribution in [3.05, 3.63) is 28.2 Å². The van der Waals surface area contributed by atoms with Gasteiger partial charge in [-0.05, 0) is 49.8 Å². The molecule has 0 heterocycles. The summed E-state index contributed by atoms with van der Waals surface area (Å²) in [6.45, 7) is 2.21. The Balaban J connectivity index is 2.06. The van der Waals surface area contributed by atoms with Crippen molar-refractivity contribution in [2.75, 3.05) is 5.32 Å². The number of hydrogen-bond acceptors (Lipinski definition) is 2. The van der Waals surface area contributed by atoms with Crippen molar-refractivity contribution in [3.63, 3.8) is 0 Å². The van der Waals surface area contributed by atoms with Gasteiger partial charge in [0.1, 0.15) is 0 Å². The first kappa shape index (κ1) is 15.0. The Morgan fingerprint density at radius 1 is 1.20 bits per heavy atom. The standard InChI is InChI=1S/C15H18BrNO3/c1-9-2-4-10(5-3-9)14(18)17-13-7-11(15(19)20)6-12(16)8-13/h6-10H,2-5H2,1H3,(H,17,18)(H,19,20). The van der Waals surface area contributed by atoms with Crippen molar-refractivity contribution in [2.24, 2.45) is 11.8 Å². The summed E-state index contributed by atoms with van der Waals surface area (Å²) in [6.07, 6.45) is 3.98. The van der Waals surface area contributed by atoms with E-state index in [9.17, 15) is 9.59 Å². The quantitative estimate of drug-likeness (QED) is 0.877. The van der Waals surface area contributed by atoms with Crippen molar-refractivity contribution >= 4 is 33.5 Å². The molecule has 2 rings (SSSR count). The number of carbonyl (C=O) groups is 2. The summed E-state index contributed by atoms with van der Waals surface area (Å²) in [5.74, 6) is -0.276. The molecule has 0 aliphatic heterocycles. The Hall–Kier alpha value is -1.36. The molecule has 0 unspecified atom stereocenters. The second-order valence-electron chi connectivity index (χ2n) is 5.48. The van der Waals surface area contributed by atoms with Crippen LogP contribution in [0.3, 0.4) is 0 Å². The van der Waals surface area contributed by atoms with Crippen LogP contribution in [0.2, 0.25) is 0 Å². The number of amides is 1. The summed E-state index contributed by atoms with van der Waals surface area (Å²) >= 11 is 3.26. The zero-order chi connectivity index (χ0) is 14.7. The van der Waals surface area contributed by atoms with E-state index in [1.165, 1.54) is 12.1 Å². The topological polar surface area (TPSA) is 66.4 Å². The van der Waals surface area contributed by atoms with E-state index in [0.29, 0.717) is 16.1 Å². The summed E-state index contributed by atoms with van der Waals surface area (Å²) in [5.41, 5.74) is 0.687. The first-order valence-electron chi connectivity index (χ1n) is 6.80. The van der Waals surface area contributed by atoms with Gasteiger partial charge in [-0.1, -0.05) is 22.9 Å². The first-order valence-corrected chi connectivity index (χ1v) is 7.59. The van der Waals surface area contributed by atoms with Crippen LogP contribution < -0.4 is 5.32 Å². The Morgan fingerprint density at radius 3 is 2.45 bits per heavy atom. The predicted molar refractivity (Wildman–Crippen MR) is 80.9 cm³/mol. The molecule has 1 saturated carbocycles. The number of rotatable bonds is 3. The van der Waals surface area contributed by atoms with Crippen LogP contribution in [-0.4, -0.2) is 17.0 Å². The van der Waals surface area contributed by atoms with Gasteiger partial charge in [0.15, 0.2) is 0 Å². The number of nitrogens with one attached hydrogen (secondary N) is 1. The van der Waals surface area contributed by atoms with Crippen LogP contribution in [0.25, 0.3) is 0 Å². The minimum absolute atomic E-state index is 0.00802. The molecule has 1 fully saturated rings. The van der Waals surface area contributed by atoms with Gasteiger partial charge in [0.25, 0.3) is 0 Å². The lowest BCUT2D eigenvalue weighted by Gasteiger charge is -2.25. The highest BCUT2D eigenvalue weighted by Gasteiger charge is 2.24. The van der Waals surface area contributed by atoms with E-state index in [-0.39, 0.29) is 17.4 Å². The SMILES string of the molecule is CC1CCC(C(=O)Nc2cc(Br)cc(C(=O)O)c2)CC1. The highest BCUT2D eigenvalue weighted by Crippen LogP contribution is 2.29. The van der Waals surface area contributed by atoms with E-state index < -0.39 is 5.97 Å². The van der Waals surface area contributed by atoms with Crippen LogP contribution >= 0.6 is 15.9 Å². The average Bonchev–Trinajstić information content (AvgIpc) is 2.38. The maximum atomic E-state index is 12.2. The highest BCUT2D eigenvalue weighted by atomic mass is 79.9. The lowest BCUT2D eigenvalue weighted by molar-refractivity contribution is -0.121. The summed E-state index contributed by atoms with van der Waals surface area (Å²) in [7, 11) is 0. The molecule has 1 aliphatic rings. The van der Waals surface area contributed by atoms with Crippen molar-refractivity contribution in [2.45, 2.75) is 32.6 Å². The molecule has 5 heteroatoms. The van der Waals surface area contributed by atoms with Crippen molar-refractivity contribution < 1.29 is 14.7 Å². The molecule has 0 spiro atoms. The van der Waals surface area contributed by atoms with E-state index in [0.717, 1.165) is 25.7 Å². The Labute approximate surface area is 126 Å². The zero-order valence-electron chi connectivity index (χ0n) is 11.4. The molecule has 2 N–H and O–H groups in total. The molecule has 0 aromatic heterocycles. The number of benzene rings is 1. The van der Waals surface area contributed by atoms with E-state index >= 15 is 0 Å². The van der Waals surface area contributed by atoms with Crippen molar-refractivity contribution in [1.82, 2.24) is 0 Å². The minimum atomic E-state index is -1.01. The van der Waals surface area contributed by atoms with Crippen molar-refractivity contribution in [1.29, 1.82) is 0 Å². The van der Waals surface area contributed by atoms with Gasteiger partial charge >= 0.3 is 5.97 Å². The molecule has 0 saturated heterocycles. The fourth-order valence-corrected chi connectivity index (χ4v) is 3.05. The van der Waals surface area contributed by atoms with Gasteiger partial charge in [0.05, 0.1) is 5.56 Å². The number of anilines is 1. The van der Waals surface area contributed by atoms with Crippen LogP contribution in [0.4, 0.5) is 5.69 Å². The van der Waals surface area contributed by atoms with Gasteiger partial charge < -0.3 is 10.4 Å². The second-order valence-corrected chi connectivity index (χ2v) is 6.40. The normalized spacial score (nSPS) is 22.3. The number of halogens is 1. The van der Waals surface area contributed by atoms with Crippen LogP contribution in [0.15, 0.2) is 22.7 Å². The molecule has 20 heavy (non-hydrogen) atoms. The van der Waals surface area contributed by atoms with Crippen LogP contribution in [0, 0.1) is 11.8 Å². The molecule has 1 amide bonds. The Morgan fingerprint density at radius 2 is 1.85 bits per heavy atom. The van der Waals surface area contributed by atoms with Gasteiger partial charge in [-0.25, -0.2) is 4.79 Å². The Kier molecular flexibility index (Phi) is 4.81. The van der Waals surface area contributed by atoms with E-state index in [4.69, 9.17) is 5.11 Å². The third-order valence-electron chi connectivity index (χ3n) is 3.80. The number of carboxylic acid groups (broad SMARTS) is 1. The van der Waals surface area contributed by atoms with E-state index in [2.05, 4.69) is 28.2 Å². The molecular formula is C15H18BrNO3. The molecule has 0 radical (unpaired) electrons. The summed E-state index contributed by atoms with van der Waals surface area (Å²) in [5, 5.41) is 11.8. The summed E-state index contributed by atoms with van der Waals surface area (Å²) < 4.78 is 0.643. The van der Waals surface area contributed by atoms with Crippen LogP contribution in [0.5, 0.6) is 0 Å². The fourth-order valence-electron chi connectivity index (χ4n) is 2.55. The van der Waals surface area contributed by atoms with Gasteiger partial charge in [0, 0.05) is 16.1 Å². The molecule has 0 bridgehead atoms. The average molecular weight is 340 g/mol. The monoisotopic (exact) mass is 339 g/mol. The first-order chi connectivity index (χ1) is 9.45. The van der Waals surface area contributed by atoms with Crippen molar-refractivity contribution in [3.8, 4) is 0 Å². The highest BCUT2D eigenvalue weighted by molar-refractivity contribution is 9.10. The molecular weight excluding hydrogens is 322 g/mol. The summed E-state index contributed by atoms with van der Waals surface area (Å²) in [4.78, 5) is 23.2. The lowest BCUT2D eigenvalue weighted by Crippen LogP contribution is -2.26. The fraction of sp³-hybridized carbons (Fsp3) is 0.467.